The van der Waals surface area contributed by atoms with Crippen LogP contribution >= 0.6 is 12.2 Å². The SMILES string of the molecule is FC(F)(F)COCCn1c(-c2ccncc2)n[nH]c1=S. The minimum atomic E-state index is -4.33. The Morgan fingerprint density at radius 3 is 2.65 bits per heavy atom. The van der Waals surface area contributed by atoms with Gasteiger partial charge in [0.1, 0.15) is 6.61 Å². The molecule has 0 aromatic carbocycles. The van der Waals surface area contributed by atoms with Crippen LogP contribution in [0, 0.1) is 4.77 Å². The van der Waals surface area contributed by atoms with Gasteiger partial charge in [0.05, 0.1) is 13.2 Å². The van der Waals surface area contributed by atoms with Crippen molar-refractivity contribution in [3.63, 3.8) is 0 Å². The van der Waals surface area contributed by atoms with E-state index in [1.54, 1.807) is 29.1 Å². The number of pyridine rings is 1. The zero-order valence-corrected chi connectivity index (χ0v) is 11.0. The third kappa shape index (κ3) is 3.87. The van der Waals surface area contributed by atoms with Crippen molar-refractivity contribution in [1.82, 2.24) is 19.7 Å². The highest BCUT2D eigenvalue weighted by molar-refractivity contribution is 7.71. The summed E-state index contributed by atoms with van der Waals surface area (Å²) in [6.45, 7) is -1.20. The lowest BCUT2D eigenvalue weighted by molar-refractivity contribution is -0.174. The zero-order chi connectivity index (χ0) is 14.6. The van der Waals surface area contributed by atoms with E-state index in [1.165, 1.54) is 0 Å². The van der Waals surface area contributed by atoms with E-state index in [0.29, 0.717) is 10.6 Å². The van der Waals surface area contributed by atoms with Gasteiger partial charge in [-0.2, -0.15) is 18.3 Å². The first-order chi connectivity index (χ1) is 9.47. The Bertz CT molecular complexity index is 608. The highest BCUT2D eigenvalue weighted by atomic mass is 32.1. The largest absolute Gasteiger partial charge is 0.411 e. The summed E-state index contributed by atoms with van der Waals surface area (Å²) >= 11 is 5.05. The second-order valence-electron chi connectivity index (χ2n) is 3.91. The first-order valence-corrected chi connectivity index (χ1v) is 6.08. The van der Waals surface area contributed by atoms with E-state index in [4.69, 9.17) is 12.2 Å². The van der Waals surface area contributed by atoms with Crippen molar-refractivity contribution in [2.45, 2.75) is 12.7 Å². The summed E-state index contributed by atoms with van der Waals surface area (Å²) in [4.78, 5) is 3.89. The lowest BCUT2D eigenvalue weighted by atomic mass is 10.2. The fourth-order valence-corrected chi connectivity index (χ4v) is 1.81. The quantitative estimate of drug-likeness (QED) is 0.681. The van der Waals surface area contributed by atoms with Crippen LogP contribution in [0.25, 0.3) is 11.4 Å². The first-order valence-electron chi connectivity index (χ1n) is 5.67. The minimum Gasteiger partial charge on any atom is -0.370 e. The predicted octanol–water partition coefficient (Wildman–Crippen LogP) is 2.58. The molecule has 2 heterocycles. The number of aromatic nitrogens is 4. The lowest BCUT2D eigenvalue weighted by Crippen LogP contribution is -2.19. The van der Waals surface area contributed by atoms with Gasteiger partial charge in [0.2, 0.25) is 0 Å². The van der Waals surface area contributed by atoms with Crippen LogP contribution in [0.15, 0.2) is 24.5 Å². The minimum absolute atomic E-state index is 0.106. The van der Waals surface area contributed by atoms with E-state index < -0.39 is 12.8 Å². The van der Waals surface area contributed by atoms with Crippen LogP contribution in [0.2, 0.25) is 0 Å². The monoisotopic (exact) mass is 304 g/mol. The summed E-state index contributed by atoms with van der Waals surface area (Å²) in [5.74, 6) is 0.535. The van der Waals surface area contributed by atoms with Crippen molar-refractivity contribution < 1.29 is 17.9 Å². The molecule has 0 atom stereocenters. The molecule has 0 spiro atoms. The number of rotatable bonds is 5. The van der Waals surface area contributed by atoms with Crippen molar-refractivity contribution in [3.05, 3.63) is 29.3 Å². The van der Waals surface area contributed by atoms with E-state index in [0.717, 1.165) is 5.56 Å². The molecule has 0 aliphatic carbocycles. The molecule has 9 heteroatoms. The molecule has 0 saturated carbocycles. The normalized spacial score (nSPS) is 11.8. The number of hydrogen-bond acceptors (Lipinski definition) is 4. The molecule has 0 aliphatic heterocycles. The molecule has 1 N–H and O–H groups in total. The second-order valence-corrected chi connectivity index (χ2v) is 4.29. The number of hydrogen-bond donors (Lipinski definition) is 1. The van der Waals surface area contributed by atoms with Crippen molar-refractivity contribution in [2.75, 3.05) is 13.2 Å². The van der Waals surface area contributed by atoms with Crippen LogP contribution in [0.1, 0.15) is 0 Å². The summed E-state index contributed by atoms with van der Waals surface area (Å²) in [6, 6.07) is 3.47. The Morgan fingerprint density at radius 1 is 1.30 bits per heavy atom. The van der Waals surface area contributed by atoms with Gasteiger partial charge < -0.3 is 4.74 Å². The van der Waals surface area contributed by atoms with Gasteiger partial charge in [-0.3, -0.25) is 14.6 Å². The Hall–Kier alpha value is -1.74. The Labute approximate surface area is 117 Å². The molecule has 0 saturated heterocycles. The summed E-state index contributed by atoms with van der Waals surface area (Å²) in [5, 5.41) is 6.66. The molecule has 0 radical (unpaired) electrons. The van der Waals surface area contributed by atoms with Crippen molar-refractivity contribution >= 4 is 12.2 Å². The molecule has 0 amide bonds. The molecule has 108 valence electrons. The standard InChI is InChI=1S/C11H11F3N4OS/c12-11(13,14)7-19-6-5-18-9(16-17-10(18)20)8-1-3-15-4-2-8/h1-4H,5-7H2,(H,17,20). The summed E-state index contributed by atoms with van der Waals surface area (Å²) in [6.07, 6.45) is -1.14. The number of ether oxygens (including phenoxy) is 1. The van der Waals surface area contributed by atoms with Gasteiger partial charge in [-0.25, -0.2) is 0 Å². The number of nitrogens with one attached hydrogen (secondary N) is 1. The topological polar surface area (TPSA) is 55.7 Å². The zero-order valence-electron chi connectivity index (χ0n) is 10.2. The maximum absolute atomic E-state index is 12.0. The smallest absolute Gasteiger partial charge is 0.370 e. The van der Waals surface area contributed by atoms with Gasteiger partial charge in [-0.05, 0) is 24.4 Å². The average Bonchev–Trinajstić information content (AvgIpc) is 2.76. The molecular formula is C11H11F3N4OS. The highest BCUT2D eigenvalue weighted by Gasteiger charge is 2.27. The fourth-order valence-electron chi connectivity index (χ4n) is 1.59. The molecule has 0 fully saturated rings. The fraction of sp³-hybridized carbons (Fsp3) is 0.364. The van der Waals surface area contributed by atoms with Crippen LogP contribution < -0.4 is 0 Å². The number of nitrogens with zero attached hydrogens (tertiary/aromatic N) is 3. The molecule has 0 aliphatic rings. The van der Waals surface area contributed by atoms with E-state index in [9.17, 15) is 13.2 Å². The van der Waals surface area contributed by atoms with Crippen LogP contribution in [-0.4, -0.2) is 39.1 Å². The van der Waals surface area contributed by atoms with Crippen LogP contribution in [0.3, 0.4) is 0 Å². The van der Waals surface area contributed by atoms with E-state index >= 15 is 0 Å². The summed E-state index contributed by atoms with van der Waals surface area (Å²) in [7, 11) is 0. The predicted molar refractivity (Wildman–Crippen MR) is 67.5 cm³/mol. The van der Waals surface area contributed by atoms with Crippen molar-refractivity contribution in [1.29, 1.82) is 0 Å². The van der Waals surface area contributed by atoms with E-state index in [-0.39, 0.29) is 13.2 Å². The Balaban J connectivity index is 2.05. The highest BCUT2D eigenvalue weighted by Crippen LogP contribution is 2.17. The van der Waals surface area contributed by atoms with Gasteiger partial charge in [-0.15, -0.1) is 0 Å². The molecule has 2 rings (SSSR count). The Kier molecular flexibility index (Phi) is 4.50. The molecule has 2 aromatic rings. The van der Waals surface area contributed by atoms with Crippen molar-refractivity contribution in [3.8, 4) is 11.4 Å². The molecule has 0 bridgehead atoms. The van der Waals surface area contributed by atoms with E-state index in [2.05, 4.69) is 19.9 Å². The van der Waals surface area contributed by atoms with Crippen LogP contribution in [0.4, 0.5) is 13.2 Å². The van der Waals surface area contributed by atoms with Crippen molar-refractivity contribution in [2.24, 2.45) is 0 Å². The number of alkyl halides is 3. The molecule has 2 aromatic heterocycles. The van der Waals surface area contributed by atoms with Gasteiger partial charge in [0, 0.05) is 18.0 Å². The summed E-state index contributed by atoms with van der Waals surface area (Å²) < 4.78 is 42.4. The maximum atomic E-state index is 12.0. The van der Waals surface area contributed by atoms with E-state index in [1.807, 2.05) is 0 Å². The number of H-pyrrole nitrogens is 1. The molecular weight excluding hydrogens is 293 g/mol. The van der Waals surface area contributed by atoms with Gasteiger partial charge in [0.15, 0.2) is 10.6 Å². The summed E-state index contributed by atoms with van der Waals surface area (Å²) in [5.41, 5.74) is 0.767. The lowest BCUT2D eigenvalue weighted by Gasteiger charge is -2.09. The maximum Gasteiger partial charge on any atom is 0.411 e. The van der Waals surface area contributed by atoms with Gasteiger partial charge in [-0.1, -0.05) is 0 Å². The second kappa shape index (κ2) is 6.14. The molecule has 20 heavy (non-hydrogen) atoms. The number of aromatic amines is 1. The Morgan fingerprint density at radius 2 is 2.00 bits per heavy atom. The van der Waals surface area contributed by atoms with Gasteiger partial charge >= 0.3 is 6.18 Å². The third-order valence-electron chi connectivity index (χ3n) is 2.42. The number of halogens is 3. The average molecular weight is 304 g/mol. The first kappa shape index (κ1) is 14.7. The van der Waals surface area contributed by atoms with Crippen LogP contribution in [-0.2, 0) is 11.3 Å². The molecule has 5 nitrogen and oxygen atoms in total. The van der Waals surface area contributed by atoms with Gasteiger partial charge in [0.25, 0.3) is 0 Å². The molecule has 0 unspecified atom stereocenters. The van der Waals surface area contributed by atoms with Crippen LogP contribution in [0.5, 0.6) is 0 Å². The third-order valence-corrected chi connectivity index (χ3v) is 2.73.